The minimum absolute atomic E-state index is 0.181. The second kappa shape index (κ2) is 10.9. The van der Waals surface area contributed by atoms with Gasteiger partial charge in [-0.25, -0.2) is 26.3 Å². The van der Waals surface area contributed by atoms with E-state index in [2.05, 4.69) is 10.5 Å². The number of nitrogens with one attached hydrogen (secondary N) is 3. The average molecular weight is 549 g/mol. The molecule has 13 heteroatoms. The summed E-state index contributed by atoms with van der Waals surface area (Å²) in [5.41, 5.74) is 3.07. The van der Waals surface area contributed by atoms with E-state index in [9.17, 15) is 26.4 Å². The number of aryl methyl sites for hydroxylation is 2. The molecule has 0 saturated carbocycles. The summed E-state index contributed by atoms with van der Waals surface area (Å²) in [5.74, 6) is -2.93. The van der Waals surface area contributed by atoms with Crippen molar-refractivity contribution in [2.24, 2.45) is 5.10 Å². The zero-order valence-corrected chi connectivity index (χ0v) is 21.4. The number of amides is 2. The molecular formula is C23H21ClN4O6S2. The number of benzene rings is 3. The predicted molar refractivity (Wildman–Crippen MR) is 136 cm³/mol. The van der Waals surface area contributed by atoms with E-state index >= 15 is 0 Å². The number of carbonyl (C=O) groups excluding carboxylic acids is 2. The van der Waals surface area contributed by atoms with Crippen LogP contribution in [0.1, 0.15) is 11.1 Å². The summed E-state index contributed by atoms with van der Waals surface area (Å²) in [6.07, 6.45) is 0. The van der Waals surface area contributed by atoms with E-state index in [4.69, 9.17) is 11.6 Å². The van der Waals surface area contributed by atoms with Crippen LogP contribution in [0.4, 0.5) is 5.69 Å². The third-order valence-electron chi connectivity index (χ3n) is 4.71. The van der Waals surface area contributed by atoms with E-state index in [0.29, 0.717) is 0 Å². The second-order valence-electron chi connectivity index (χ2n) is 7.55. The fourth-order valence-electron chi connectivity index (χ4n) is 2.77. The van der Waals surface area contributed by atoms with Crippen molar-refractivity contribution in [1.82, 2.24) is 9.44 Å². The topological polar surface area (TPSA) is 151 Å². The van der Waals surface area contributed by atoms with E-state index < -0.39 is 37.6 Å². The first-order chi connectivity index (χ1) is 16.9. The number of halogens is 1. The van der Waals surface area contributed by atoms with Crippen LogP contribution in [0.25, 0.3) is 0 Å². The predicted octanol–water partition coefficient (Wildman–Crippen LogP) is 2.73. The summed E-state index contributed by atoms with van der Waals surface area (Å²) >= 11 is 6.04. The third kappa shape index (κ3) is 6.68. The van der Waals surface area contributed by atoms with Gasteiger partial charge in [-0.1, -0.05) is 59.1 Å². The Labute approximate surface area is 213 Å². The number of rotatable bonds is 8. The van der Waals surface area contributed by atoms with Gasteiger partial charge in [-0.2, -0.15) is 5.10 Å². The van der Waals surface area contributed by atoms with Crippen molar-refractivity contribution >= 4 is 54.9 Å². The van der Waals surface area contributed by atoms with Gasteiger partial charge in [-0.15, -0.1) is 0 Å². The van der Waals surface area contributed by atoms with Gasteiger partial charge in [0.05, 0.1) is 20.5 Å². The van der Waals surface area contributed by atoms with Gasteiger partial charge in [0.25, 0.3) is 31.9 Å². The van der Waals surface area contributed by atoms with Gasteiger partial charge in [0.15, 0.2) is 0 Å². The fraction of sp³-hybridized carbons (Fsp3) is 0.0870. The number of anilines is 1. The molecule has 3 aromatic rings. The lowest BCUT2D eigenvalue weighted by Crippen LogP contribution is -2.46. The lowest BCUT2D eigenvalue weighted by molar-refractivity contribution is -0.117. The van der Waals surface area contributed by atoms with Crippen LogP contribution in [0.2, 0.25) is 5.02 Å². The standard InChI is InChI=1S/C23H21ClN4O6S2/c1-15-7-11-17(12-8-15)35(31,32)27-22(29)21(26-25-20-6-4-3-5-19(20)24)23(30)28-36(33,34)18-13-9-16(2)10-14-18/h3-14,25H,1-2H3,(H,27,29)(H,28,30). The highest BCUT2D eigenvalue weighted by molar-refractivity contribution is 7.90. The first kappa shape index (κ1) is 26.9. The number of hydrazone groups is 1. The maximum atomic E-state index is 12.9. The molecule has 0 radical (unpaired) electrons. The molecule has 0 heterocycles. The SMILES string of the molecule is Cc1ccc(S(=O)(=O)NC(=O)C(=NNc2ccccc2Cl)C(=O)NS(=O)(=O)c2ccc(C)cc2)cc1. The molecule has 0 unspecified atom stereocenters. The Morgan fingerprint density at radius 1 is 0.694 bits per heavy atom. The van der Waals surface area contributed by atoms with Gasteiger partial charge in [-0.05, 0) is 50.2 Å². The Bertz CT molecular complexity index is 1440. The van der Waals surface area contributed by atoms with Gasteiger partial charge >= 0.3 is 0 Å². The highest BCUT2D eigenvalue weighted by Crippen LogP contribution is 2.20. The maximum absolute atomic E-state index is 12.9. The van der Waals surface area contributed by atoms with Crippen molar-refractivity contribution < 1.29 is 26.4 Å². The van der Waals surface area contributed by atoms with Crippen LogP contribution in [-0.2, 0) is 29.6 Å². The van der Waals surface area contributed by atoms with E-state index in [0.717, 1.165) is 11.1 Å². The molecule has 188 valence electrons. The second-order valence-corrected chi connectivity index (χ2v) is 11.3. The van der Waals surface area contributed by atoms with Crippen LogP contribution in [0.5, 0.6) is 0 Å². The normalized spacial score (nSPS) is 11.3. The zero-order chi connectivity index (χ0) is 26.5. The molecule has 0 spiro atoms. The summed E-state index contributed by atoms with van der Waals surface area (Å²) in [6.45, 7) is 3.50. The Morgan fingerprint density at radius 2 is 1.11 bits per heavy atom. The quantitative estimate of drug-likeness (QED) is 0.222. The minimum atomic E-state index is -4.41. The number of hydrogen-bond acceptors (Lipinski definition) is 8. The largest absolute Gasteiger partial charge is 0.291 e. The summed E-state index contributed by atoms with van der Waals surface area (Å²) in [7, 11) is -8.82. The Kier molecular flexibility index (Phi) is 8.13. The van der Waals surface area contributed by atoms with Crippen LogP contribution < -0.4 is 14.9 Å². The summed E-state index contributed by atoms with van der Waals surface area (Å²) in [6, 6.07) is 17.4. The Morgan fingerprint density at radius 3 is 1.53 bits per heavy atom. The lowest BCUT2D eigenvalue weighted by atomic mass is 10.2. The molecule has 10 nitrogen and oxygen atoms in total. The molecule has 0 saturated heterocycles. The van der Waals surface area contributed by atoms with Crippen molar-refractivity contribution in [2.45, 2.75) is 23.6 Å². The van der Waals surface area contributed by atoms with Crippen molar-refractivity contribution in [1.29, 1.82) is 0 Å². The fourth-order valence-corrected chi connectivity index (χ4v) is 4.85. The molecule has 3 rings (SSSR count). The number of sulfonamides is 2. The number of carbonyl (C=O) groups is 2. The molecule has 3 N–H and O–H groups in total. The lowest BCUT2D eigenvalue weighted by Gasteiger charge is -2.11. The highest BCUT2D eigenvalue weighted by Gasteiger charge is 2.30. The van der Waals surface area contributed by atoms with Gasteiger partial charge < -0.3 is 0 Å². The van der Waals surface area contributed by atoms with E-state index in [1.807, 2.05) is 0 Å². The first-order valence-electron chi connectivity index (χ1n) is 10.2. The van der Waals surface area contributed by atoms with Gasteiger partial charge in [0.2, 0.25) is 5.71 Å². The third-order valence-corrected chi connectivity index (χ3v) is 7.73. The molecule has 0 aliphatic rings. The van der Waals surface area contributed by atoms with Gasteiger partial charge in [0, 0.05) is 0 Å². The molecule has 0 aliphatic carbocycles. The molecule has 3 aromatic carbocycles. The zero-order valence-electron chi connectivity index (χ0n) is 19.0. The summed E-state index contributed by atoms with van der Waals surface area (Å²) < 4.78 is 54.1. The van der Waals surface area contributed by atoms with Crippen LogP contribution >= 0.6 is 11.6 Å². The van der Waals surface area contributed by atoms with Crippen molar-refractivity contribution in [3.8, 4) is 0 Å². The van der Waals surface area contributed by atoms with Crippen LogP contribution in [0, 0.1) is 13.8 Å². The van der Waals surface area contributed by atoms with Crippen LogP contribution in [0.3, 0.4) is 0 Å². The molecule has 0 aromatic heterocycles. The summed E-state index contributed by atoms with van der Waals surface area (Å²) in [5, 5.41) is 3.85. The molecule has 0 atom stereocenters. The van der Waals surface area contributed by atoms with Crippen molar-refractivity contribution in [2.75, 3.05) is 5.43 Å². The molecule has 0 aliphatic heterocycles. The van der Waals surface area contributed by atoms with Crippen molar-refractivity contribution in [3.05, 3.63) is 88.9 Å². The van der Waals surface area contributed by atoms with E-state index in [-0.39, 0.29) is 20.5 Å². The van der Waals surface area contributed by atoms with Crippen molar-refractivity contribution in [3.63, 3.8) is 0 Å². The first-order valence-corrected chi connectivity index (χ1v) is 13.6. The molecule has 2 amide bonds. The van der Waals surface area contributed by atoms with Gasteiger partial charge in [0.1, 0.15) is 0 Å². The van der Waals surface area contributed by atoms with Crippen LogP contribution in [-0.4, -0.2) is 34.4 Å². The minimum Gasteiger partial charge on any atom is -0.276 e. The number of hydrogen-bond donors (Lipinski definition) is 3. The van der Waals surface area contributed by atoms with E-state index in [1.165, 1.54) is 60.7 Å². The monoisotopic (exact) mass is 548 g/mol. The molecule has 0 fully saturated rings. The van der Waals surface area contributed by atoms with E-state index in [1.54, 1.807) is 35.4 Å². The highest BCUT2D eigenvalue weighted by atomic mass is 35.5. The molecule has 0 bridgehead atoms. The average Bonchev–Trinajstić information content (AvgIpc) is 2.80. The molecular weight excluding hydrogens is 528 g/mol. The maximum Gasteiger partial charge on any atom is 0.291 e. The van der Waals surface area contributed by atoms with Gasteiger partial charge in [-0.3, -0.25) is 15.0 Å². The van der Waals surface area contributed by atoms with Crippen LogP contribution in [0.15, 0.2) is 87.7 Å². The molecule has 36 heavy (non-hydrogen) atoms. The Balaban J connectivity index is 1.93. The smallest absolute Gasteiger partial charge is 0.276 e. The number of nitrogens with zero attached hydrogens (tertiary/aromatic N) is 1. The Hall–Kier alpha value is -3.74. The number of para-hydroxylation sites is 1. The summed E-state index contributed by atoms with van der Waals surface area (Å²) in [4.78, 5) is 25.2.